The largest absolute Gasteiger partial charge is 0.394 e. The minimum Gasteiger partial charge on any atom is -0.394 e. The molecule has 0 aliphatic carbocycles. The van der Waals surface area contributed by atoms with Crippen LogP contribution in [0.4, 0.5) is 0 Å². The molecule has 0 saturated carbocycles. The van der Waals surface area contributed by atoms with E-state index in [0.717, 1.165) is 0 Å². The second-order valence-corrected chi connectivity index (χ2v) is 2.40. The van der Waals surface area contributed by atoms with Gasteiger partial charge in [0.2, 0.25) is 0 Å². The molecule has 0 spiro atoms. The van der Waals surface area contributed by atoms with E-state index in [0.29, 0.717) is 12.6 Å². The molecule has 3 N–H and O–H groups in total. The van der Waals surface area contributed by atoms with Gasteiger partial charge in [-0.15, -0.1) is 0 Å². The van der Waals surface area contributed by atoms with Crippen LogP contribution >= 0.6 is 0 Å². The molecule has 0 saturated heterocycles. The van der Waals surface area contributed by atoms with Crippen LogP contribution in [0.15, 0.2) is 0 Å². The van der Waals surface area contributed by atoms with E-state index < -0.39 is 6.10 Å². The van der Waals surface area contributed by atoms with Crippen LogP contribution in [-0.4, -0.2) is 35.5 Å². The molecule has 0 amide bonds. The number of hydrogen-bond donors (Lipinski definition) is 3. The lowest BCUT2D eigenvalue weighted by Crippen LogP contribution is -2.33. The Labute approximate surface area is 55.7 Å². The van der Waals surface area contributed by atoms with Crippen LogP contribution in [0, 0.1) is 0 Å². The summed E-state index contributed by atoms with van der Waals surface area (Å²) < 4.78 is 0. The highest BCUT2D eigenvalue weighted by Gasteiger charge is 2.00. The second kappa shape index (κ2) is 4.73. The van der Waals surface area contributed by atoms with E-state index >= 15 is 0 Å². The average Bonchev–Trinajstić information content (AvgIpc) is 1.83. The Bertz CT molecular complexity index is 66.1. The van der Waals surface area contributed by atoms with Gasteiger partial charge in [-0.3, -0.25) is 0 Å². The van der Waals surface area contributed by atoms with Crippen molar-refractivity contribution in [3.8, 4) is 0 Å². The summed E-state index contributed by atoms with van der Waals surface area (Å²) in [6, 6.07) is 0.367. The molecule has 0 aromatic heterocycles. The molecule has 0 aliphatic heterocycles. The predicted octanol–water partition coefficient (Wildman–Crippen LogP) is -0.662. The number of nitrogens with one attached hydrogen (secondary N) is 1. The SMILES string of the molecule is CC(C)NC[C@H](O)CO. The Hall–Kier alpha value is -0.120. The number of aliphatic hydroxyl groups is 2. The first-order valence-electron chi connectivity index (χ1n) is 3.19. The smallest absolute Gasteiger partial charge is 0.0895 e. The molecule has 0 aliphatic rings. The van der Waals surface area contributed by atoms with Crippen molar-refractivity contribution < 1.29 is 10.2 Å². The monoisotopic (exact) mass is 133 g/mol. The zero-order chi connectivity index (χ0) is 7.28. The molecule has 1 atom stereocenters. The quantitative estimate of drug-likeness (QED) is 0.477. The number of aliphatic hydroxyl groups excluding tert-OH is 2. The summed E-state index contributed by atoms with van der Waals surface area (Å²) in [6.45, 7) is 4.28. The summed E-state index contributed by atoms with van der Waals surface area (Å²) in [7, 11) is 0. The Kier molecular flexibility index (Phi) is 4.67. The maximum absolute atomic E-state index is 8.79. The average molecular weight is 133 g/mol. The minimum atomic E-state index is -0.618. The molecule has 56 valence electrons. The highest BCUT2D eigenvalue weighted by molar-refractivity contribution is 4.59. The van der Waals surface area contributed by atoms with Crippen LogP contribution in [0.3, 0.4) is 0 Å². The minimum absolute atomic E-state index is 0.167. The summed E-state index contributed by atoms with van der Waals surface area (Å²) in [5.74, 6) is 0. The summed E-state index contributed by atoms with van der Waals surface area (Å²) in [5, 5.41) is 20.1. The molecule has 9 heavy (non-hydrogen) atoms. The van der Waals surface area contributed by atoms with E-state index in [9.17, 15) is 0 Å². The molecule has 3 heteroatoms. The zero-order valence-corrected chi connectivity index (χ0v) is 5.96. The zero-order valence-electron chi connectivity index (χ0n) is 5.96. The van der Waals surface area contributed by atoms with Crippen LogP contribution in [0.2, 0.25) is 0 Å². The van der Waals surface area contributed by atoms with E-state index in [-0.39, 0.29) is 6.61 Å². The van der Waals surface area contributed by atoms with E-state index in [4.69, 9.17) is 10.2 Å². The summed E-state index contributed by atoms with van der Waals surface area (Å²) in [5.41, 5.74) is 0. The standard InChI is InChI=1S/C6H15NO2/c1-5(2)7-3-6(9)4-8/h5-9H,3-4H2,1-2H3/t6-/m0/s1. The topological polar surface area (TPSA) is 52.5 Å². The van der Waals surface area contributed by atoms with Crippen molar-refractivity contribution in [2.75, 3.05) is 13.2 Å². The highest BCUT2D eigenvalue weighted by atomic mass is 16.3. The van der Waals surface area contributed by atoms with Crippen molar-refractivity contribution >= 4 is 0 Å². The molecule has 0 heterocycles. The van der Waals surface area contributed by atoms with Crippen molar-refractivity contribution in [3.05, 3.63) is 0 Å². The molecule has 0 fully saturated rings. The molecular formula is C6H15NO2. The lowest BCUT2D eigenvalue weighted by Gasteiger charge is -2.10. The van der Waals surface area contributed by atoms with E-state index in [1.807, 2.05) is 13.8 Å². The first kappa shape index (κ1) is 8.88. The van der Waals surface area contributed by atoms with Crippen molar-refractivity contribution in [1.82, 2.24) is 5.32 Å². The molecule has 0 radical (unpaired) electrons. The van der Waals surface area contributed by atoms with Gasteiger partial charge in [0.05, 0.1) is 12.7 Å². The van der Waals surface area contributed by atoms with Gasteiger partial charge in [0, 0.05) is 12.6 Å². The first-order chi connectivity index (χ1) is 4.16. The second-order valence-electron chi connectivity index (χ2n) is 2.40. The molecule has 0 rings (SSSR count). The van der Waals surface area contributed by atoms with Gasteiger partial charge in [-0.1, -0.05) is 13.8 Å². The number of rotatable bonds is 4. The molecule has 0 unspecified atom stereocenters. The lowest BCUT2D eigenvalue weighted by molar-refractivity contribution is 0.0928. The molecular weight excluding hydrogens is 118 g/mol. The Morgan fingerprint density at radius 2 is 2.00 bits per heavy atom. The van der Waals surface area contributed by atoms with Crippen LogP contribution in [0.1, 0.15) is 13.8 Å². The van der Waals surface area contributed by atoms with Crippen LogP contribution < -0.4 is 5.32 Å². The third kappa shape index (κ3) is 5.76. The van der Waals surface area contributed by atoms with Crippen LogP contribution in [-0.2, 0) is 0 Å². The van der Waals surface area contributed by atoms with Gasteiger partial charge in [0.15, 0.2) is 0 Å². The fourth-order valence-corrected chi connectivity index (χ4v) is 0.436. The summed E-state index contributed by atoms with van der Waals surface area (Å²) in [4.78, 5) is 0. The molecule has 0 aromatic rings. The fraction of sp³-hybridized carbons (Fsp3) is 1.00. The fourth-order valence-electron chi connectivity index (χ4n) is 0.436. The number of hydrogen-bond acceptors (Lipinski definition) is 3. The van der Waals surface area contributed by atoms with Gasteiger partial charge in [-0.25, -0.2) is 0 Å². The van der Waals surface area contributed by atoms with Gasteiger partial charge in [0.1, 0.15) is 0 Å². The molecule has 0 aromatic carbocycles. The van der Waals surface area contributed by atoms with Crippen LogP contribution in [0.25, 0.3) is 0 Å². The Balaban J connectivity index is 3.06. The van der Waals surface area contributed by atoms with E-state index in [1.54, 1.807) is 0 Å². The Morgan fingerprint density at radius 3 is 2.33 bits per heavy atom. The Morgan fingerprint density at radius 1 is 1.44 bits per heavy atom. The van der Waals surface area contributed by atoms with Crippen molar-refractivity contribution in [2.45, 2.75) is 26.0 Å². The van der Waals surface area contributed by atoms with Gasteiger partial charge in [-0.2, -0.15) is 0 Å². The van der Waals surface area contributed by atoms with E-state index in [2.05, 4.69) is 5.32 Å². The highest BCUT2D eigenvalue weighted by Crippen LogP contribution is 1.80. The van der Waals surface area contributed by atoms with Gasteiger partial charge < -0.3 is 15.5 Å². The molecule has 0 bridgehead atoms. The lowest BCUT2D eigenvalue weighted by atomic mass is 10.3. The maximum atomic E-state index is 8.79. The third-order valence-electron chi connectivity index (χ3n) is 0.972. The normalized spacial score (nSPS) is 14.3. The van der Waals surface area contributed by atoms with Crippen molar-refractivity contribution in [1.29, 1.82) is 0 Å². The van der Waals surface area contributed by atoms with Crippen molar-refractivity contribution in [3.63, 3.8) is 0 Å². The van der Waals surface area contributed by atoms with E-state index in [1.165, 1.54) is 0 Å². The summed E-state index contributed by atoms with van der Waals surface area (Å²) >= 11 is 0. The van der Waals surface area contributed by atoms with Gasteiger partial charge in [0.25, 0.3) is 0 Å². The van der Waals surface area contributed by atoms with Crippen LogP contribution in [0.5, 0.6) is 0 Å². The predicted molar refractivity (Wildman–Crippen MR) is 36.2 cm³/mol. The van der Waals surface area contributed by atoms with Gasteiger partial charge in [-0.05, 0) is 0 Å². The first-order valence-corrected chi connectivity index (χ1v) is 3.19. The molecule has 3 nitrogen and oxygen atoms in total. The third-order valence-corrected chi connectivity index (χ3v) is 0.972. The maximum Gasteiger partial charge on any atom is 0.0895 e. The summed E-state index contributed by atoms with van der Waals surface area (Å²) in [6.07, 6.45) is -0.618. The van der Waals surface area contributed by atoms with Crippen molar-refractivity contribution in [2.24, 2.45) is 0 Å². The van der Waals surface area contributed by atoms with Gasteiger partial charge >= 0.3 is 0 Å².